The summed E-state index contributed by atoms with van der Waals surface area (Å²) in [6, 6.07) is 7.72. The van der Waals surface area contributed by atoms with Gasteiger partial charge in [-0.25, -0.2) is 8.42 Å². The minimum Gasteiger partial charge on any atom is -0.486 e. The minimum atomic E-state index is -3.81. The maximum atomic E-state index is 13.2. The third kappa shape index (κ3) is 3.85. The number of rotatable bonds is 7. The van der Waals surface area contributed by atoms with Crippen LogP contribution < -0.4 is 14.8 Å². The number of amides is 1. The van der Waals surface area contributed by atoms with Crippen LogP contribution in [0.1, 0.15) is 30.8 Å². The number of fused-ring (bicyclic) bond motifs is 1. The van der Waals surface area contributed by atoms with Crippen LogP contribution in [0.4, 0.5) is 0 Å². The van der Waals surface area contributed by atoms with Crippen molar-refractivity contribution in [1.82, 2.24) is 5.32 Å². The number of ether oxygens (including phenoxy) is 2. The van der Waals surface area contributed by atoms with E-state index in [0.717, 1.165) is 0 Å². The fourth-order valence-corrected chi connectivity index (χ4v) is 4.32. The predicted molar refractivity (Wildman–Crippen MR) is 94.0 cm³/mol. The van der Waals surface area contributed by atoms with E-state index in [9.17, 15) is 13.2 Å². The highest BCUT2D eigenvalue weighted by Crippen LogP contribution is 2.36. The fourth-order valence-electron chi connectivity index (χ4n) is 2.72. The Kier molecular flexibility index (Phi) is 5.51. The molecule has 0 bridgehead atoms. The first-order valence-electron chi connectivity index (χ1n) is 8.46. The first-order chi connectivity index (χ1) is 12.5. The molecule has 8 heteroatoms. The quantitative estimate of drug-likeness (QED) is 0.794. The van der Waals surface area contributed by atoms with Crippen LogP contribution in [-0.2, 0) is 14.6 Å². The van der Waals surface area contributed by atoms with Gasteiger partial charge >= 0.3 is 0 Å². The lowest BCUT2D eigenvalue weighted by Crippen LogP contribution is -2.31. The molecule has 0 fully saturated rings. The highest BCUT2D eigenvalue weighted by molar-refractivity contribution is 7.91. The highest BCUT2D eigenvalue weighted by atomic mass is 32.2. The Balaban J connectivity index is 1.90. The Morgan fingerprint density at radius 2 is 1.96 bits per heavy atom. The second-order valence-corrected chi connectivity index (χ2v) is 8.04. The SMILES string of the molecule is CCCC(=O)NC[C@@H](c1ccco1)S(=O)(=O)c1ccc2c(c1)OCCO2. The van der Waals surface area contributed by atoms with E-state index in [0.29, 0.717) is 37.6 Å². The van der Waals surface area contributed by atoms with E-state index in [1.807, 2.05) is 6.92 Å². The molecule has 26 heavy (non-hydrogen) atoms. The van der Waals surface area contributed by atoms with E-state index in [2.05, 4.69) is 5.32 Å². The van der Waals surface area contributed by atoms with E-state index < -0.39 is 15.1 Å². The van der Waals surface area contributed by atoms with Crippen LogP contribution in [-0.4, -0.2) is 34.1 Å². The van der Waals surface area contributed by atoms with Crippen molar-refractivity contribution in [1.29, 1.82) is 0 Å². The van der Waals surface area contributed by atoms with Crippen LogP contribution in [0.2, 0.25) is 0 Å². The average Bonchev–Trinajstić information content (AvgIpc) is 3.15. The molecule has 3 rings (SSSR count). The highest BCUT2D eigenvalue weighted by Gasteiger charge is 2.32. The lowest BCUT2D eigenvalue weighted by atomic mass is 10.3. The van der Waals surface area contributed by atoms with Crippen LogP contribution in [0.5, 0.6) is 11.5 Å². The molecule has 1 aliphatic rings. The van der Waals surface area contributed by atoms with Crippen LogP contribution in [0, 0.1) is 0 Å². The number of hydrogen-bond acceptors (Lipinski definition) is 6. The van der Waals surface area contributed by atoms with E-state index >= 15 is 0 Å². The van der Waals surface area contributed by atoms with Gasteiger partial charge in [0.1, 0.15) is 24.2 Å². The average molecular weight is 379 g/mol. The Morgan fingerprint density at radius 1 is 1.19 bits per heavy atom. The lowest BCUT2D eigenvalue weighted by Gasteiger charge is -2.21. The third-order valence-electron chi connectivity index (χ3n) is 4.04. The van der Waals surface area contributed by atoms with Crippen molar-refractivity contribution >= 4 is 15.7 Å². The van der Waals surface area contributed by atoms with Crippen molar-refractivity contribution in [2.24, 2.45) is 0 Å². The van der Waals surface area contributed by atoms with Gasteiger partial charge in [-0.2, -0.15) is 0 Å². The molecule has 140 valence electrons. The lowest BCUT2D eigenvalue weighted by molar-refractivity contribution is -0.121. The normalized spacial score (nSPS) is 14.7. The Labute approximate surface area is 152 Å². The van der Waals surface area contributed by atoms with Gasteiger partial charge in [-0.3, -0.25) is 4.79 Å². The molecular weight excluding hydrogens is 358 g/mol. The number of sulfone groups is 1. The third-order valence-corrected chi connectivity index (χ3v) is 6.10. The molecule has 1 atom stereocenters. The summed E-state index contributed by atoms with van der Waals surface area (Å²) in [6.07, 6.45) is 2.44. The van der Waals surface area contributed by atoms with E-state index in [1.165, 1.54) is 18.4 Å². The Bertz CT molecular complexity index is 860. The molecule has 2 aromatic rings. The van der Waals surface area contributed by atoms with Gasteiger partial charge in [-0.15, -0.1) is 0 Å². The van der Waals surface area contributed by atoms with Gasteiger partial charge in [0, 0.05) is 19.0 Å². The second-order valence-electron chi connectivity index (χ2n) is 5.91. The first kappa shape index (κ1) is 18.3. The molecule has 0 spiro atoms. The van der Waals surface area contributed by atoms with Crippen molar-refractivity contribution in [3.8, 4) is 11.5 Å². The molecule has 1 N–H and O–H groups in total. The summed E-state index contributed by atoms with van der Waals surface area (Å²) in [5.74, 6) is 0.990. The number of furan rings is 1. The summed E-state index contributed by atoms with van der Waals surface area (Å²) >= 11 is 0. The maximum absolute atomic E-state index is 13.2. The maximum Gasteiger partial charge on any atom is 0.220 e. The fraction of sp³-hybridized carbons (Fsp3) is 0.389. The number of hydrogen-bond donors (Lipinski definition) is 1. The summed E-state index contributed by atoms with van der Waals surface area (Å²) in [6.45, 7) is 2.61. The molecule has 0 aliphatic carbocycles. The second kappa shape index (κ2) is 7.82. The largest absolute Gasteiger partial charge is 0.486 e. The topological polar surface area (TPSA) is 94.8 Å². The van der Waals surface area contributed by atoms with Gasteiger partial charge in [-0.1, -0.05) is 6.92 Å². The number of benzene rings is 1. The molecule has 0 saturated carbocycles. The molecule has 1 aromatic heterocycles. The minimum absolute atomic E-state index is 0.0663. The molecule has 2 heterocycles. The van der Waals surface area contributed by atoms with Crippen molar-refractivity contribution in [3.63, 3.8) is 0 Å². The summed E-state index contributed by atoms with van der Waals surface area (Å²) in [5.41, 5.74) is 0. The van der Waals surface area contributed by atoms with Crippen LogP contribution >= 0.6 is 0 Å². The molecule has 0 saturated heterocycles. The molecule has 0 unspecified atom stereocenters. The van der Waals surface area contributed by atoms with Gasteiger partial charge in [0.05, 0.1) is 11.2 Å². The van der Waals surface area contributed by atoms with Crippen molar-refractivity contribution in [3.05, 3.63) is 42.4 Å². The van der Waals surface area contributed by atoms with Crippen molar-refractivity contribution in [2.45, 2.75) is 29.9 Å². The van der Waals surface area contributed by atoms with Gasteiger partial charge in [-0.05, 0) is 30.7 Å². The zero-order valence-electron chi connectivity index (χ0n) is 14.4. The predicted octanol–water partition coefficient (Wildman–Crippen LogP) is 2.48. The van der Waals surface area contributed by atoms with Crippen LogP contribution in [0.15, 0.2) is 45.9 Å². The van der Waals surface area contributed by atoms with Gasteiger partial charge in [0.2, 0.25) is 5.91 Å². The number of carbonyl (C=O) groups is 1. The van der Waals surface area contributed by atoms with Crippen LogP contribution in [0.3, 0.4) is 0 Å². The molecule has 0 radical (unpaired) electrons. The Morgan fingerprint density at radius 3 is 2.65 bits per heavy atom. The monoisotopic (exact) mass is 379 g/mol. The van der Waals surface area contributed by atoms with Crippen LogP contribution in [0.25, 0.3) is 0 Å². The summed E-state index contributed by atoms with van der Waals surface area (Å²) < 4.78 is 42.6. The Hall–Kier alpha value is -2.48. The molecule has 1 amide bonds. The smallest absolute Gasteiger partial charge is 0.220 e. The molecule has 1 aromatic carbocycles. The summed E-state index contributed by atoms with van der Waals surface area (Å²) in [7, 11) is -3.81. The first-order valence-corrected chi connectivity index (χ1v) is 10.0. The van der Waals surface area contributed by atoms with Gasteiger partial charge in [0.15, 0.2) is 21.3 Å². The zero-order valence-corrected chi connectivity index (χ0v) is 15.3. The zero-order chi connectivity index (χ0) is 18.6. The summed E-state index contributed by atoms with van der Waals surface area (Å²) in [5, 5.41) is 1.65. The number of nitrogens with one attached hydrogen (secondary N) is 1. The van der Waals surface area contributed by atoms with Crippen molar-refractivity contribution < 1.29 is 27.1 Å². The van der Waals surface area contributed by atoms with E-state index in [4.69, 9.17) is 13.9 Å². The summed E-state index contributed by atoms with van der Waals surface area (Å²) in [4.78, 5) is 11.9. The molecule has 1 aliphatic heterocycles. The van der Waals surface area contributed by atoms with Gasteiger partial charge < -0.3 is 19.2 Å². The number of carbonyl (C=O) groups excluding carboxylic acids is 1. The molecule has 7 nitrogen and oxygen atoms in total. The standard InChI is InChI=1S/C18H21NO6S/c1-2-4-18(20)19-12-17(15-5-3-8-23-15)26(21,22)13-6-7-14-16(11-13)25-10-9-24-14/h3,5-8,11,17H,2,4,9-10,12H2,1H3,(H,19,20)/t17-/m0/s1. The molecular formula is C18H21NO6S. The van der Waals surface area contributed by atoms with E-state index in [-0.39, 0.29) is 23.1 Å². The van der Waals surface area contributed by atoms with E-state index in [1.54, 1.807) is 18.2 Å². The van der Waals surface area contributed by atoms with Gasteiger partial charge in [0.25, 0.3) is 0 Å². The van der Waals surface area contributed by atoms with Crippen molar-refractivity contribution in [2.75, 3.05) is 19.8 Å².